The molecular weight excluding hydrogens is 540 g/mol. The maximum absolute atomic E-state index is 13.2. The minimum atomic E-state index is -0.490. The first-order valence-electron chi connectivity index (χ1n) is 11.9. The molecule has 0 saturated heterocycles. The van der Waals surface area contributed by atoms with Crippen LogP contribution in [0.25, 0.3) is 12.2 Å². The standard InChI is InChI=1S/C32H25BrN2O3/c1-22-6-5-7-23(20-22)12-19-30(36)25-13-17-28(18-14-25)34-32(38)29(21-24-10-15-27(33)16-11-24)35-31(37)26-8-3-2-4-9-26/h2-21H,1H3,(H,34,38)(H,35,37)/b19-12+,29-21-. The van der Waals surface area contributed by atoms with E-state index < -0.39 is 11.8 Å². The third kappa shape index (κ3) is 7.48. The van der Waals surface area contributed by atoms with Crippen LogP contribution in [0, 0.1) is 6.92 Å². The van der Waals surface area contributed by atoms with E-state index in [0.29, 0.717) is 16.8 Å². The number of nitrogens with one attached hydrogen (secondary N) is 2. The summed E-state index contributed by atoms with van der Waals surface area (Å²) in [6.07, 6.45) is 4.91. The lowest BCUT2D eigenvalue weighted by molar-refractivity contribution is -0.113. The molecule has 0 aromatic heterocycles. The highest BCUT2D eigenvalue weighted by Gasteiger charge is 2.15. The number of ketones is 1. The normalized spacial score (nSPS) is 11.3. The average Bonchev–Trinajstić information content (AvgIpc) is 2.93. The van der Waals surface area contributed by atoms with Crippen molar-refractivity contribution >= 4 is 51.4 Å². The molecule has 0 spiro atoms. The van der Waals surface area contributed by atoms with Gasteiger partial charge in [0.1, 0.15) is 5.70 Å². The molecule has 0 heterocycles. The molecule has 38 heavy (non-hydrogen) atoms. The number of carbonyl (C=O) groups excluding carboxylic acids is 3. The zero-order valence-electron chi connectivity index (χ0n) is 20.6. The van der Waals surface area contributed by atoms with Gasteiger partial charge in [0.25, 0.3) is 11.8 Å². The van der Waals surface area contributed by atoms with E-state index in [9.17, 15) is 14.4 Å². The van der Waals surface area contributed by atoms with Crippen molar-refractivity contribution in [2.45, 2.75) is 6.92 Å². The predicted octanol–water partition coefficient (Wildman–Crippen LogP) is 7.06. The second-order valence-electron chi connectivity index (χ2n) is 8.57. The van der Waals surface area contributed by atoms with Crippen LogP contribution in [-0.2, 0) is 4.79 Å². The largest absolute Gasteiger partial charge is 0.321 e. The van der Waals surface area contributed by atoms with Crippen LogP contribution >= 0.6 is 15.9 Å². The Bertz CT molecular complexity index is 1510. The SMILES string of the molecule is Cc1cccc(/C=C/C(=O)c2ccc(NC(=O)/C(=C/c3ccc(Br)cc3)NC(=O)c3ccccc3)cc2)c1. The van der Waals surface area contributed by atoms with Crippen molar-refractivity contribution in [3.8, 4) is 0 Å². The molecule has 0 saturated carbocycles. The van der Waals surface area contributed by atoms with Crippen LogP contribution in [0.2, 0.25) is 0 Å². The Kier molecular flexibility index (Phi) is 8.80. The molecule has 4 aromatic rings. The summed E-state index contributed by atoms with van der Waals surface area (Å²) in [6.45, 7) is 2.00. The molecule has 0 aliphatic heterocycles. The highest BCUT2D eigenvalue weighted by atomic mass is 79.9. The van der Waals surface area contributed by atoms with E-state index in [-0.39, 0.29) is 11.5 Å². The number of hydrogen-bond acceptors (Lipinski definition) is 3. The van der Waals surface area contributed by atoms with Gasteiger partial charge in [-0.1, -0.05) is 82.2 Å². The van der Waals surface area contributed by atoms with Gasteiger partial charge in [-0.25, -0.2) is 0 Å². The van der Waals surface area contributed by atoms with E-state index >= 15 is 0 Å². The number of carbonyl (C=O) groups is 3. The number of hydrogen-bond donors (Lipinski definition) is 2. The van der Waals surface area contributed by atoms with Crippen LogP contribution in [0.1, 0.15) is 37.4 Å². The fourth-order valence-corrected chi connectivity index (χ4v) is 3.89. The van der Waals surface area contributed by atoms with Gasteiger partial charge in [0, 0.05) is 21.3 Å². The maximum atomic E-state index is 13.2. The number of halogens is 1. The van der Waals surface area contributed by atoms with E-state index in [1.807, 2.05) is 61.5 Å². The predicted molar refractivity (Wildman–Crippen MR) is 156 cm³/mol. The molecule has 2 amide bonds. The summed E-state index contributed by atoms with van der Waals surface area (Å²) in [4.78, 5) is 38.5. The summed E-state index contributed by atoms with van der Waals surface area (Å²) in [5.74, 6) is -1.03. The van der Waals surface area contributed by atoms with Gasteiger partial charge < -0.3 is 10.6 Å². The summed E-state index contributed by atoms with van der Waals surface area (Å²) >= 11 is 3.40. The van der Waals surface area contributed by atoms with Gasteiger partial charge in [-0.2, -0.15) is 0 Å². The Hall–Kier alpha value is -4.55. The molecule has 0 fully saturated rings. The number of anilines is 1. The third-order valence-corrected chi connectivity index (χ3v) is 6.14. The average molecular weight is 565 g/mol. The quantitative estimate of drug-likeness (QED) is 0.177. The first-order valence-corrected chi connectivity index (χ1v) is 12.7. The number of aryl methyl sites for hydroxylation is 1. The van der Waals surface area contributed by atoms with Gasteiger partial charge in [-0.15, -0.1) is 0 Å². The van der Waals surface area contributed by atoms with E-state index in [4.69, 9.17) is 0 Å². The molecule has 0 bridgehead atoms. The van der Waals surface area contributed by atoms with Crippen molar-refractivity contribution in [3.63, 3.8) is 0 Å². The number of amides is 2. The lowest BCUT2D eigenvalue weighted by Crippen LogP contribution is -2.30. The van der Waals surface area contributed by atoms with Gasteiger partial charge in [-0.3, -0.25) is 14.4 Å². The highest BCUT2D eigenvalue weighted by molar-refractivity contribution is 9.10. The molecule has 0 aliphatic carbocycles. The smallest absolute Gasteiger partial charge is 0.272 e. The Morgan fingerprint density at radius 1 is 0.737 bits per heavy atom. The van der Waals surface area contributed by atoms with Gasteiger partial charge >= 0.3 is 0 Å². The molecule has 0 unspecified atom stereocenters. The zero-order valence-corrected chi connectivity index (χ0v) is 22.2. The van der Waals surface area contributed by atoms with Crippen LogP contribution in [0.15, 0.2) is 119 Å². The third-order valence-electron chi connectivity index (χ3n) is 5.61. The van der Waals surface area contributed by atoms with Gasteiger partial charge in [0.2, 0.25) is 0 Å². The van der Waals surface area contributed by atoms with Crippen LogP contribution in [0.5, 0.6) is 0 Å². The van der Waals surface area contributed by atoms with Crippen LogP contribution in [0.4, 0.5) is 5.69 Å². The molecule has 5 nitrogen and oxygen atoms in total. The molecule has 2 N–H and O–H groups in total. The fourth-order valence-electron chi connectivity index (χ4n) is 3.63. The molecule has 188 valence electrons. The lowest BCUT2D eigenvalue weighted by Gasteiger charge is -2.12. The Morgan fingerprint density at radius 3 is 2.13 bits per heavy atom. The summed E-state index contributed by atoms with van der Waals surface area (Å²) < 4.78 is 0.900. The number of allylic oxidation sites excluding steroid dienone is 1. The molecule has 0 radical (unpaired) electrons. The molecule has 0 atom stereocenters. The van der Waals surface area contributed by atoms with Crippen LogP contribution < -0.4 is 10.6 Å². The summed E-state index contributed by atoms with van der Waals surface area (Å²) in [5, 5.41) is 5.52. The van der Waals surface area contributed by atoms with Gasteiger partial charge in [-0.05, 0) is 78.7 Å². The van der Waals surface area contributed by atoms with Crippen molar-refractivity contribution in [2.24, 2.45) is 0 Å². The highest BCUT2D eigenvalue weighted by Crippen LogP contribution is 2.16. The van der Waals surface area contributed by atoms with E-state index in [1.165, 1.54) is 6.08 Å². The molecule has 0 aliphatic rings. The van der Waals surface area contributed by atoms with Crippen molar-refractivity contribution in [1.29, 1.82) is 0 Å². The summed E-state index contributed by atoms with van der Waals surface area (Å²) in [5.41, 5.74) is 4.32. The Balaban J connectivity index is 1.49. The van der Waals surface area contributed by atoms with Crippen molar-refractivity contribution in [3.05, 3.63) is 147 Å². The van der Waals surface area contributed by atoms with Crippen molar-refractivity contribution in [2.75, 3.05) is 5.32 Å². The Labute approximate surface area is 230 Å². The monoisotopic (exact) mass is 564 g/mol. The first kappa shape index (κ1) is 26.5. The van der Waals surface area contributed by atoms with E-state index in [1.54, 1.807) is 60.7 Å². The number of rotatable bonds is 8. The zero-order chi connectivity index (χ0) is 26.9. The number of benzene rings is 4. The molecular formula is C32H25BrN2O3. The summed E-state index contributed by atoms with van der Waals surface area (Å²) in [7, 11) is 0. The Morgan fingerprint density at radius 2 is 1.45 bits per heavy atom. The topological polar surface area (TPSA) is 75.3 Å². The minimum Gasteiger partial charge on any atom is -0.321 e. The maximum Gasteiger partial charge on any atom is 0.272 e. The second-order valence-corrected chi connectivity index (χ2v) is 9.49. The van der Waals surface area contributed by atoms with Crippen molar-refractivity contribution in [1.82, 2.24) is 5.32 Å². The van der Waals surface area contributed by atoms with E-state index in [0.717, 1.165) is 21.2 Å². The molecule has 4 rings (SSSR count). The summed E-state index contributed by atoms with van der Waals surface area (Å²) in [6, 6.07) is 30.5. The lowest BCUT2D eigenvalue weighted by atomic mass is 10.1. The minimum absolute atomic E-state index is 0.0856. The van der Waals surface area contributed by atoms with E-state index in [2.05, 4.69) is 26.6 Å². The molecule has 6 heteroatoms. The first-order chi connectivity index (χ1) is 18.4. The van der Waals surface area contributed by atoms with Gasteiger partial charge in [0.05, 0.1) is 0 Å². The fraction of sp³-hybridized carbons (Fsp3) is 0.0312. The van der Waals surface area contributed by atoms with Crippen LogP contribution in [0.3, 0.4) is 0 Å². The van der Waals surface area contributed by atoms with Crippen LogP contribution in [-0.4, -0.2) is 17.6 Å². The van der Waals surface area contributed by atoms with Gasteiger partial charge in [0.15, 0.2) is 5.78 Å². The van der Waals surface area contributed by atoms with Crippen molar-refractivity contribution < 1.29 is 14.4 Å². The second kappa shape index (κ2) is 12.6. The molecule has 4 aromatic carbocycles.